The summed E-state index contributed by atoms with van der Waals surface area (Å²) in [5.41, 5.74) is 1.01. The lowest BCUT2D eigenvalue weighted by molar-refractivity contribution is 0.143. The molecule has 8 heteroatoms. The fourth-order valence-electron chi connectivity index (χ4n) is 3.02. The minimum Gasteiger partial charge on any atom is -0.382 e. The van der Waals surface area contributed by atoms with Crippen molar-refractivity contribution in [2.45, 2.75) is 26.3 Å². The molecule has 1 N–H and O–H groups in total. The van der Waals surface area contributed by atoms with Gasteiger partial charge in [-0.15, -0.1) is 24.0 Å². The van der Waals surface area contributed by atoms with Gasteiger partial charge >= 0.3 is 0 Å². The van der Waals surface area contributed by atoms with E-state index in [-0.39, 0.29) is 29.8 Å². The average molecular weight is 557 g/mol. The third kappa shape index (κ3) is 8.62. The summed E-state index contributed by atoms with van der Waals surface area (Å²) in [7, 11) is 1.83. The van der Waals surface area contributed by atoms with Gasteiger partial charge in [0, 0.05) is 59.5 Å². The van der Waals surface area contributed by atoms with Gasteiger partial charge in [-0.1, -0.05) is 6.07 Å². The molecule has 0 spiro atoms. The first kappa shape index (κ1) is 24.6. The largest absolute Gasteiger partial charge is 0.382 e. The highest BCUT2D eigenvalue weighted by Gasteiger charge is 2.19. The SMILES string of the molecule is CCOCCCCNC(=NC)N1CCN(Cc2ccc(Br)c(F)c2)CC1.I. The Kier molecular flexibility index (Phi) is 12.5. The van der Waals surface area contributed by atoms with Crippen molar-refractivity contribution >= 4 is 45.9 Å². The van der Waals surface area contributed by atoms with Crippen molar-refractivity contribution in [2.24, 2.45) is 4.99 Å². The molecule has 0 amide bonds. The molecule has 0 saturated carbocycles. The predicted octanol–water partition coefficient (Wildman–Crippen LogP) is 3.72. The van der Waals surface area contributed by atoms with E-state index in [0.717, 1.165) is 76.8 Å². The third-order valence-electron chi connectivity index (χ3n) is 4.48. The lowest BCUT2D eigenvalue weighted by Gasteiger charge is -2.36. The standard InChI is InChI=1S/C19H30BrFN4O.HI/c1-3-26-13-5-4-8-23-19(22-2)25-11-9-24(10-12-25)15-16-6-7-17(20)18(21)14-16;/h6-7,14H,3-5,8-13,15H2,1-2H3,(H,22,23);1H. The van der Waals surface area contributed by atoms with Crippen LogP contribution in [0, 0.1) is 5.82 Å². The first-order valence-electron chi connectivity index (χ1n) is 9.33. The molecule has 1 aliphatic heterocycles. The molecule has 1 saturated heterocycles. The van der Waals surface area contributed by atoms with E-state index in [4.69, 9.17) is 4.74 Å². The Hall–Kier alpha value is -0.450. The maximum absolute atomic E-state index is 13.7. The van der Waals surface area contributed by atoms with Crippen LogP contribution in [-0.4, -0.2) is 68.7 Å². The molecule has 5 nitrogen and oxygen atoms in total. The molecular weight excluding hydrogens is 526 g/mol. The Morgan fingerprint density at radius 3 is 2.63 bits per heavy atom. The monoisotopic (exact) mass is 556 g/mol. The smallest absolute Gasteiger partial charge is 0.193 e. The van der Waals surface area contributed by atoms with E-state index in [2.05, 4.69) is 36.0 Å². The highest BCUT2D eigenvalue weighted by atomic mass is 127. The molecular formula is C19H31BrFIN4O. The number of aliphatic imine (C=N–C) groups is 1. The van der Waals surface area contributed by atoms with Crippen molar-refractivity contribution in [1.82, 2.24) is 15.1 Å². The summed E-state index contributed by atoms with van der Waals surface area (Å²) < 4.78 is 19.5. The summed E-state index contributed by atoms with van der Waals surface area (Å²) in [4.78, 5) is 9.05. The van der Waals surface area contributed by atoms with Crippen molar-refractivity contribution in [3.05, 3.63) is 34.1 Å². The van der Waals surface area contributed by atoms with E-state index in [0.29, 0.717) is 4.47 Å². The topological polar surface area (TPSA) is 40.1 Å². The Morgan fingerprint density at radius 2 is 2.00 bits per heavy atom. The third-order valence-corrected chi connectivity index (χ3v) is 5.12. The van der Waals surface area contributed by atoms with Gasteiger partial charge in [0.25, 0.3) is 0 Å². The molecule has 1 fully saturated rings. The van der Waals surface area contributed by atoms with E-state index in [9.17, 15) is 4.39 Å². The molecule has 27 heavy (non-hydrogen) atoms. The van der Waals surface area contributed by atoms with E-state index in [1.165, 1.54) is 0 Å². The quantitative estimate of drug-likeness (QED) is 0.229. The van der Waals surface area contributed by atoms with Gasteiger partial charge in [-0.3, -0.25) is 9.89 Å². The van der Waals surface area contributed by atoms with Gasteiger partial charge in [-0.05, 0) is 53.4 Å². The Balaban J connectivity index is 0.00000364. The molecule has 2 rings (SSSR count). The second-order valence-corrected chi connectivity index (χ2v) is 7.24. The number of guanidine groups is 1. The summed E-state index contributed by atoms with van der Waals surface area (Å²) in [5.74, 6) is 0.769. The lowest BCUT2D eigenvalue weighted by Crippen LogP contribution is -2.52. The molecule has 0 atom stereocenters. The van der Waals surface area contributed by atoms with Crippen LogP contribution < -0.4 is 5.32 Å². The van der Waals surface area contributed by atoms with E-state index < -0.39 is 0 Å². The highest BCUT2D eigenvalue weighted by molar-refractivity contribution is 14.0. The molecule has 1 heterocycles. The molecule has 1 aliphatic rings. The van der Waals surface area contributed by atoms with Crippen molar-refractivity contribution < 1.29 is 9.13 Å². The average Bonchev–Trinajstić information content (AvgIpc) is 2.65. The molecule has 0 bridgehead atoms. The number of nitrogens with zero attached hydrogens (tertiary/aromatic N) is 3. The zero-order valence-corrected chi connectivity index (χ0v) is 20.1. The van der Waals surface area contributed by atoms with Gasteiger partial charge < -0.3 is 15.0 Å². The van der Waals surface area contributed by atoms with Crippen LogP contribution in [0.15, 0.2) is 27.7 Å². The van der Waals surface area contributed by atoms with Crippen LogP contribution in [0.3, 0.4) is 0 Å². The summed E-state index contributed by atoms with van der Waals surface area (Å²) in [5, 5.41) is 3.44. The van der Waals surface area contributed by atoms with Crippen LogP contribution in [-0.2, 0) is 11.3 Å². The number of ether oxygens (including phenoxy) is 1. The normalized spacial score (nSPS) is 15.6. The number of rotatable bonds is 8. The summed E-state index contributed by atoms with van der Waals surface area (Å²) in [6, 6.07) is 5.36. The molecule has 0 aromatic heterocycles. The van der Waals surface area contributed by atoms with Crippen molar-refractivity contribution in [3.63, 3.8) is 0 Å². The van der Waals surface area contributed by atoms with Crippen LogP contribution >= 0.6 is 39.9 Å². The van der Waals surface area contributed by atoms with E-state index in [1.807, 2.05) is 20.0 Å². The van der Waals surface area contributed by atoms with Crippen LogP contribution in [0.2, 0.25) is 0 Å². The van der Waals surface area contributed by atoms with Crippen LogP contribution in [0.25, 0.3) is 0 Å². The summed E-state index contributed by atoms with van der Waals surface area (Å²) in [6.07, 6.45) is 2.14. The van der Waals surface area contributed by atoms with E-state index >= 15 is 0 Å². The van der Waals surface area contributed by atoms with Crippen LogP contribution in [0.5, 0.6) is 0 Å². The Morgan fingerprint density at radius 1 is 1.26 bits per heavy atom. The van der Waals surface area contributed by atoms with Crippen molar-refractivity contribution in [1.29, 1.82) is 0 Å². The second kappa shape index (κ2) is 13.7. The van der Waals surface area contributed by atoms with E-state index in [1.54, 1.807) is 12.1 Å². The fraction of sp³-hybridized carbons (Fsp3) is 0.632. The second-order valence-electron chi connectivity index (χ2n) is 6.39. The fourth-order valence-corrected chi connectivity index (χ4v) is 3.27. The molecule has 0 unspecified atom stereocenters. The molecule has 0 aliphatic carbocycles. The maximum Gasteiger partial charge on any atom is 0.193 e. The van der Waals surface area contributed by atoms with Crippen LogP contribution in [0.4, 0.5) is 4.39 Å². The first-order chi connectivity index (χ1) is 12.6. The molecule has 0 radical (unpaired) electrons. The zero-order valence-electron chi connectivity index (χ0n) is 16.2. The first-order valence-corrected chi connectivity index (χ1v) is 10.1. The number of hydrogen-bond acceptors (Lipinski definition) is 3. The molecule has 1 aromatic rings. The number of unbranched alkanes of at least 4 members (excludes halogenated alkanes) is 1. The van der Waals surface area contributed by atoms with Crippen molar-refractivity contribution in [3.8, 4) is 0 Å². The summed E-state index contributed by atoms with van der Waals surface area (Å²) >= 11 is 3.20. The van der Waals surface area contributed by atoms with Crippen LogP contribution in [0.1, 0.15) is 25.3 Å². The minimum atomic E-state index is -0.199. The lowest BCUT2D eigenvalue weighted by atomic mass is 10.2. The maximum atomic E-state index is 13.7. The Labute approximate surface area is 187 Å². The Bertz CT molecular complexity index is 583. The molecule has 1 aromatic carbocycles. The van der Waals surface area contributed by atoms with Gasteiger partial charge in [0.2, 0.25) is 0 Å². The zero-order chi connectivity index (χ0) is 18.8. The van der Waals surface area contributed by atoms with Gasteiger partial charge in [-0.25, -0.2) is 4.39 Å². The minimum absolute atomic E-state index is 0. The number of piperazine rings is 1. The number of halogens is 3. The van der Waals surface area contributed by atoms with Gasteiger partial charge in [-0.2, -0.15) is 0 Å². The van der Waals surface area contributed by atoms with Crippen molar-refractivity contribution in [2.75, 3.05) is 53.0 Å². The van der Waals surface area contributed by atoms with Gasteiger partial charge in [0.05, 0.1) is 4.47 Å². The van der Waals surface area contributed by atoms with Gasteiger partial charge in [0.15, 0.2) is 5.96 Å². The number of hydrogen-bond donors (Lipinski definition) is 1. The van der Waals surface area contributed by atoms with Gasteiger partial charge in [0.1, 0.15) is 5.82 Å². The predicted molar refractivity (Wildman–Crippen MR) is 123 cm³/mol. The highest BCUT2D eigenvalue weighted by Crippen LogP contribution is 2.18. The summed E-state index contributed by atoms with van der Waals surface area (Å²) in [6.45, 7) is 9.08. The number of benzene rings is 1. The molecule has 154 valence electrons. The number of nitrogens with one attached hydrogen (secondary N) is 1.